The number of rotatable bonds is 2. The summed E-state index contributed by atoms with van der Waals surface area (Å²) in [4.78, 5) is 11.8. The van der Waals surface area contributed by atoms with Gasteiger partial charge in [-0.1, -0.05) is 6.42 Å². The van der Waals surface area contributed by atoms with E-state index in [1.165, 1.54) is 0 Å². The van der Waals surface area contributed by atoms with Crippen LogP contribution in [-0.4, -0.2) is 44.5 Å². The van der Waals surface area contributed by atoms with Gasteiger partial charge in [0.2, 0.25) is 5.91 Å². The highest BCUT2D eigenvalue weighted by atomic mass is 35.5. The number of hydrogen-bond donors (Lipinski definition) is 2. The molecule has 0 aromatic rings. The van der Waals surface area contributed by atoms with E-state index in [1.807, 2.05) is 0 Å². The van der Waals surface area contributed by atoms with Gasteiger partial charge < -0.3 is 10.6 Å². The Bertz CT molecular complexity index is 366. The van der Waals surface area contributed by atoms with E-state index in [4.69, 9.17) is 0 Å². The lowest BCUT2D eigenvalue weighted by Gasteiger charge is -2.24. The fraction of sp³-hybridized carbons (Fsp3) is 0.900. The van der Waals surface area contributed by atoms with E-state index in [0.29, 0.717) is 6.42 Å². The van der Waals surface area contributed by atoms with Crippen molar-refractivity contribution < 1.29 is 13.2 Å². The summed E-state index contributed by atoms with van der Waals surface area (Å²) in [5.74, 6) is 0.267. The Balaban J connectivity index is 0.00000144. The van der Waals surface area contributed by atoms with Crippen LogP contribution in [-0.2, 0) is 14.6 Å². The first-order chi connectivity index (χ1) is 7.57. The van der Waals surface area contributed by atoms with Crippen molar-refractivity contribution in [2.45, 2.75) is 37.8 Å². The van der Waals surface area contributed by atoms with Gasteiger partial charge in [0.25, 0.3) is 0 Å². The normalized spacial score (nSPS) is 31.5. The fourth-order valence-electron chi connectivity index (χ4n) is 2.29. The molecule has 0 aromatic heterocycles. The molecule has 17 heavy (non-hydrogen) atoms. The van der Waals surface area contributed by atoms with Crippen molar-refractivity contribution >= 4 is 28.2 Å². The van der Waals surface area contributed by atoms with Gasteiger partial charge in [0.05, 0.1) is 17.5 Å². The molecule has 7 heteroatoms. The molecule has 2 rings (SSSR count). The molecule has 0 radical (unpaired) electrons. The predicted octanol–water partition coefficient (Wildman–Crippen LogP) is -0.146. The van der Waals surface area contributed by atoms with Gasteiger partial charge in [-0.2, -0.15) is 0 Å². The van der Waals surface area contributed by atoms with Crippen LogP contribution in [0.3, 0.4) is 0 Å². The first kappa shape index (κ1) is 14.7. The summed E-state index contributed by atoms with van der Waals surface area (Å²) in [6.45, 7) is 0.876. The van der Waals surface area contributed by atoms with Crippen LogP contribution in [0.5, 0.6) is 0 Å². The standard InChI is InChI=1S/C10H18N2O3S.ClH/c13-10(9-3-1-2-5-11-9)12-8-4-6-16(14,15)7-8;/h8-9,11H,1-7H2,(H,12,13);1H. The Morgan fingerprint density at radius 2 is 2.00 bits per heavy atom. The maximum absolute atomic E-state index is 11.8. The zero-order valence-electron chi connectivity index (χ0n) is 9.65. The molecule has 2 atom stereocenters. The average molecular weight is 283 g/mol. The molecule has 0 aliphatic carbocycles. The van der Waals surface area contributed by atoms with Crippen LogP contribution in [0.15, 0.2) is 0 Å². The summed E-state index contributed by atoms with van der Waals surface area (Å²) in [5.41, 5.74) is 0. The van der Waals surface area contributed by atoms with Crippen molar-refractivity contribution in [3.8, 4) is 0 Å². The summed E-state index contributed by atoms with van der Waals surface area (Å²) in [7, 11) is -2.91. The molecular weight excluding hydrogens is 264 g/mol. The Morgan fingerprint density at radius 3 is 2.53 bits per heavy atom. The summed E-state index contributed by atoms with van der Waals surface area (Å²) >= 11 is 0. The monoisotopic (exact) mass is 282 g/mol. The van der Waals surface area contributed by atoms with E-state index >= 15 is 0 Å². The number of nitrogens with one attached hydrogen (secondary N) is 2. The zero-order valence-corrected chi connectivity index (χ0v) is 11.3. The molecule has 2 aliphatic heterocycles. The number of carbonyl (C=O) groups excluding carboxylic acids is 1. The lowest BCUT2D eigenvalue weighted by Crippen LogP contribution is -2.49. The summed E-state index contributed by atoms with van der Waals surface area (Å²) in [6, 6.07) is -0.307. The second-order valence-electron chi connectivity index (χ2n) is 4.61. The molecule has 1 amide bonds. The second kappa shape index (κ2) is 6.02. The number of carbonyl (C=O) groups is 1. The Morgan fingerprint density at radius 1 is 1.24 bits per heavy atom. The molecule has 100 valence electrons. The summed E-state index contributed by atoms with van der Waals surface area (Å²) in [6.07, 6.45) is 3.59. The third kappa shape index (κ3) is 4.12. The molecule has 2 unspecified atom stereocenters. The highest BCUT2D eigenvalue weighted by molar-refractivity contribution is 7.91. The topological polar surface area (TPSA) is 75.3 Å². The highest BCUT2D eigenvalue weighted by Crippen LogP contribution is 2.13. The smallest absolute Gasteiger partial charge is 0.237 e. The van der Waals surface area contributed by atoms with Crippen molar-refractivity contribution in [3.63, 3.8) is 0 Å². The van der Waals surface area contributed by atoms with Gasteiger partial charge in [0.1, 0.15) is 0 Å². The molecule has 2 N–H and O–H groups in total. The van der Waals surface area contributed by atoms with Gasteiger partial charge in [-0.05, 0) is 25.8 Å². The molecule has 2 fully saturated rings. The molecule has 2 heterocycles. The molecule has 2 aliphatic rings. The molecule has 2 saturated heterocycles. The van der Waals surface area contributed by atoms with Crippen molar-refractivity contribution in [2.75, 3.05) is 18.1 Å². The van der Waals surface area contributed by atoms with Crippen LogP contribution in [0.2, 0.25) is 0 Å². The van der Waals surface area contributed by atoms with Crippen LogP contribution in [0.1, 0.15) is 25.7 Å². The number of amides is 1. The van der Waals surface area contributed by atoms with E-state index in [1.54, 1.807) is 0 Å². The lowest BCUT2D eigenvalue weighted by atomic mass is 10.0. The van der Waals surface area contributed by atoms with E-state index in [2.05, 4.69) is 10.6 Å². The summed E-state index contributed by atoms with van der Waals surface area (Å²) < 4.78 is 22.5. The lowest BCUT2D eigenvalue weighted by molar-refractivity contribution is -0.124. The minimum absolute atomic E-state index is 0. The predicted molar refractivity (Wildman–Crippen MR) is 68.1 cm³/mol. The maximum atomic E-state index is 11.8. The van der Waals surface area contributed by atoms with Gasteiger partial charge in [-0.15, -0.1) is 12.4 Å². The van der Waals surface area contributed by atoms with Gasteiger partial charge >= 0.3 is 0 Å². The van der Waals surface area contributed by atoms with Crippen molar-refractivity contribution in [1.29, 1.82) is 0 Å². The van der Waals surface area contributed by atoms with Gasteiger partial charge in [0, 0.05) is 6.04 Å². The van der Waals surface area contributed by atoms with E-state index in [0.717, 1.165) is 25.8 Å². The first-order valence-electron chi connectivity index (χ1n) is 5.81. The number of halogens is 1. The van der Waals surface area contributed by atoms with Crippen molar-refractivity contribution in [3.05, 3.63) is 0 Å². The molecule has 0 spiro atoms. The number of hydrogen-bond acceptors (Lipinski definition) is 4. The summed E-state index contributed by atoms with van der Waals surface area (Å²) in [5, 5.41) is 5.98. The van der Waals surface area contributed by atoms with Gasteiger partial charge in [-0.25, -0.2) is 8.42 Å². The Hall–Kier alpha value is -0.330. The quantitative estimate of drug-likeness (QED) is 0.739. The van der Waals surface area contributed by atoms with Gasteiger partial charge in [0.15, 0.2) is 9.84 Å². The molecule has 0 aromatic carbocycles. The highest BCUT2D eigenvalue weighted by Gasteiger charge is 2.30. The third-order valence-corrected chi connectivity index (χ3v) is 4.97. The van der Waals surface area contributed by atoms with Crippen LogP contribution in [0, 0.1) is 0 Å². The van der Waals surface area contributed by atoms with Crippen LogP contribution < -0.4 is 10.6 Å². The van der Waals surface area contributed by atoms with Crippen molar-refractivity contribution in [1.82, 2.24) is 10.6 Å². The zero-order chi connectivity index (χ0) is 11.6. The first-order valence-corrected chi connectivity index (χ1v) is 7.63. The van der Waals surface area contributed by atoms with E-state index < -0.39 is 9.84 Å². The largest absolute Gasteiger partial charge is 0.351 e. The SMILES string of the molecule is Cl.O=C(NC1CCS(=O)(=O)C1)C1CCCCN1. The molecule has 0 saturated carbocycles. The average Bonchev–Trinajstić information content (AvgIpc) is 2.59. The van der Waals surface area contributed by atoms with Crippen molar-refractivity contribution in [2.24, 2.45) is 0 Å². The minimum atomic E-state index is -2.91. The van der Waals surface area contributed by atoms with E-state index in [9.17, 15) is 13.2 Å². The van der Waals surface area contributed by atoms with E-state index in [-0.39, 0.29) is 41.9 Å². The number of sulfone groups is 1. The Labute approximate surface area is 108 Å². The molecular formula is C10H19ClN2O3S. The van der Waals surface area contributed by atoms with Crippen LogP contribution >= 0.6 is 12.4 Å². The van der Waals surface area contributed by atoms with Gasteiger partial charge in [-0.3, -0.25) is 4.79 Å². The van der Waals surface area contributed by atoms with Crippen LogP contribution in [0.4, 0.5) is 0 Å². The third-order valence-electron chi connectivity index (χ3n) is 3.21. The second-order valence-corrected chi connectivity index (χ2v) is 6.84. The number of piperidine rings is 1. The molecule has 5 nitrogen and oxygen atoms in total. The fourth-order valence-corrected chi connectivity index (χ4v) is 3.96. The minimum Gasteiger partial charge on any atom is -0.351 e. The maximum Gasteiger partial charge on any atom is 0.237 e. The van der Waals surface area contributed by atoms with Crippen LogP contribution in [0.25, 0.3) is 0 Å². The Kier molecular flexibility index (Phi) is 5.22. The molecule has 0 bridgehead atoms.